The maximum atomic E-state index is 2.41. The van der Waals surface area contributed by atoms with Gasteiger partial charge in [0.15, 0.2) is 0 Å². The summed E-state index contributed by atoms with van der Waals surface area (Å²) in [5.41, 5.74) is 2.90. The number of hydrogen-bond acceptors (Lipinski definition) is 1. The van der Waals surface area contributed by atoms with Crippen molar-refractivity contribution in [1.29, 1.82) is 0 Å². The van der Waals surface area contributed by atoms with E-state index in [-0.39, 0.29) is 0 Å². The first-order valence-corrected chi connectivity index (χ1v) is 6.01. The first-order valence-electron chi connectivity index (χ1n) is 6.01. The lowest BCUT2D eigenvalue weighted by Gasteiger charge is -2.11. The van der Waals surface area contributed by atoms with Crippen LogP contribution in [0.25, 0.3) is 0 Å². The highest BCUT2D eigenvalue weighted by Crippen LogP contribution is 2.26. The third-order valence-electron chi connectivity index (χ3n) is 2.90. The number of benzene rings is 1. The second-order valence-electron chi connectivity index (χ2n) is 4.16. The maximum Gasteiger partial charge on any atom is 0.00477 e. The molecule has 1 fully saturated rings. The van der Waals surface area contributed by atoms with E-state index in [0.717, 1.165) is 5.92 Å². The second-order valence-corrected chi connectivity index (χ2v) is 4.16. The van der Waals surface area contributed by atoms with Gasteiger partial charge in [0, 0.05) is 6.54 Å². The van der Waals surface area contributed by atoms with Crippen molar-refractivity contribution in [3.63, 3.8) is 0 Å². The quantitative estimate of drug-likeness (QED) is 0.679. The lowest BCUT2D eigenvalue weighted by Crippen LogP contribution is -2.13. The molecular formula is C14H23N. The Balaban J connectivity index is 0.000000531. The lowest BCUT2D eigenvalue weighted by atomic mass is 9.97. The molecule has 1 aromatic carbocycles. The van der Waals surface area contributed by atoms with Gasteiger partial charge in [0.2, 0.25) is 0 Å². The van der Waals surface area contributed by atoms with Gasteiger partial charge in [-0.3, -0.25) is 0 Å². The van der Waals surface area contributed by atoms with E-state index in [2.05, 4.69) is 43.1 Å². The van der Waals surface area contributed by atoms with Gasteiger partial charge in [-0.05, 0) is 38.4 Å². The number of nitrogens with zero attached hydrogens (tertiary/aromatic N) is 1. The summed E-state index contributed by atoms with van der Waals surface area (Å²) in [7, 11) is 2.20. The molecule has 0 amide bonds. The fourth-order valence-corrected chi connectivity index (χ4v) is 2.13. The Morgan fingerprint density at radius 2 is 2.00 bits per heavy atom. The van der Waals surface area contributed by atoms with Crippen molar-refractivity contribution >= 4 is 0 Å². The molecule has 1 unspecified atom stereocenters. The Kier molecular flexibility index (Phi) is 4.83. The van der Waals surface area contributed by atoms with Crippen LogP contribution in [-0.4, -0.2) is 25.0 Å². The average Bonchev–Trinajstić information content (AvgIpc) is 2.68. The molecule has 2 rings (SSSR count). The van der Waals surface area contributed by atoms with Crippen molar-refractivity contribution in [2.24, 2.45) is 0 Å². The van der Waals surface area contributed by atoms with E-state index in [9.17, 15) is 0 Å². The molecule has 0 radical (unpaired) electrons. The molecule has 1 aliphatic heterocycles. The van der Waals surface area contributed by atoms with E-state index >= 15 is 0 Å². The van der Waals surface area contributed by atoms with Gasteiger partial charge in [0.1, 0.15) is 0 Å². The van der Waals surface area contributed by atoms with Crippen LogP contribution in [0.1, 0.15) is 37.3 Å². The normalized spacial score (nSPS) is 20.9. The fourth-order valence-electron chi connectivity index (χ4n) is 2.13. The molecule has 1 atom stereocenters. The summed E-state index contributed by atoms with van der Waals surface area (Å²) in [4.78, 5) is 2.41. The molecular weight excluding hydrogens is 182 g/mol. The lowest BCUT2D eigenvalue weighted by molar-refractivity contribution is 0.411. The van der Waals surface area contributed by atoms with E-state index in [1.54, 1.807) is 0 Å². The standard InChI is InChI=1S/C12H17N.C2H6/c1-10-4-3-5-11(8-10)12-6-7-13(2)9-12;1-2/h3-5,8,12H,6-7,9H2,1-2H3;1-2H3. The summed E-state index contributed by atoms with van der Waals surface area (Å²) in [6, 6.07) is 8.92. The number of aryl methyl sites for hydroxylation is 1. The van der Waals surface area contributed by atoms with Gasteiger partial charge in [0.25, 0.3) is 0 Å². The first-order chi connectivity index (χ1) is 7.25. The SMILES string of the molecule is CC.Cc1cccc(C2CCN(C)C2)c1. The zero-order chi connectivity index (χ0) is 11.3. The molecule has 1 aromatic rings. The van der Waals surface area contributed by atoms with Crippen LogP contribution < -0.4 is 0 Å². The van der Waals surface area contributed by atoms with E-state index in [4.69, 9.17) is 0 Å². The minimum atomic E-state index is 0.768. The van der Waals surface area contributed by atoms with Gasteiger partial charge in [-0.2, -0.15) is 0 Å². The van der Waals surface area contributed by atoms with Crippen molar-refractivity contribution in [3.8, 4) is 0 Å². The highest BCUT2D eigenvalue weighted by molar-refractivity contribution is 5.26. The summed E-state index contributed by atoms with van der Waals surface area (Å²) >= 11 is 0. The van der Waals surface area contributed by atoms with Gasteiger partial charge in [-0.1, -0.05) is 43.7 Å². The Morgan fingerprint density at radius 3 is 2.53 bits per heavy atom. The van der Waals surface area contributed by atoms with E-state index in [1.807, 2.05) is 13.8 Å². The van der Waals surface area contributed by atoms with Gasteiger partial charge in [0.05, 0.1) is 0 Å². The Bertz CT molecular complexity index is 293. The van der Waals surface area contributed by atoms with Crippen molar-refractivity contribution in [3.05, 3.63) is 35.4 Å². The van der Waals surface area contributed by atoms with Gasteiger partial charge < -0.3 is 4.90 Å². The zero-order valence-corrected chi connectivity index (χ0v) is 10.5. The molecule has 15 heavy (non-hydrogen) atoms. The minimum absolute atomic E-state index is 0.768. The summed E-state index contributed by atoms with van der Waals surface area (Å²) in [6.07, 6.45) is 1.32. The molecule has 1 heteroatoms. The number of rotatable bonds is 1. The summed E-state index contributed by atoms with van der Waals surface area (Å²) in [5, 5.41) is 0. The molecule has 1 heterocycles. The number of likely N-dealkylation sites (tertiary alicyclic amines) is 1. The van der Waals surface area contributed by atoms with Crippen LogP contribution in [0.3, 0.4) is 0 Å². The van der Waals surface area contributed by atoms with Crippen molar-refractivity contribution < 1.29 is 0 Å². The smallest absolute Gasteiger partial charge is 0.00477 e. The van der Waals surface area contributed by atoms with Crippen LogP contribution in [0.2, 0.25) is 0 Å². The monoisotopic (exact) mass is 205 g/mol. The summed E-state index contributed by atoms with van der Waals surface area (Å²) < 4.78 is 0. The molecule has 0 aromatic heterocycles. The van der Waals surface area contributed by atoms with E-state index in [0.29, 0.717) is 0 Å². The van der Waals surface area contributed by atoms with Crippen molar-refractivity contribution in [1.82, 2.24) is 4.90 Å². The number of hydrogen-bond donors (Lipinski definition) is 0. The largest absolute Gasteiger partial charge is 0.306 e. The molecule has 0 N–H and O–H groups in total. The van der Waals surface area contributed by atoms with Crippen LogP contribution >= 0.6 is 0 Å². The predicted molar refractivity (Wildman–Crippen MR) is 67.4 cm³/mol. The van der Waals surface area contributed by atoms with Crippen LogP contribution in [0, 0.1) is 6.92 Å². The van der Waals surface area contributed by atoms with E-state index < -0.39 is 0 Å². The van der Waals surface area contributed by atoms with Crippen LogP contribution in [0.5, 0.6) is 0 Å². The van der Waals surface area contributed by atoms with E-state index in [1.165, 1.54) is 30.6 Å². The minimum Gasteiger partial charge on any atom is -0.306 e. The average molecular weight is 205 g/mol. The third kappa shape index (κ3) is 3.35. The third-order valence-corrected chi connectivity index (χ3v) is 2.90. The highest BCUT2D eigenvalue weighted by atomic mass is 15.1. The number of likely N-dealkylation sites (N-methyl/N-ethyl adjacent to an activating group) is 1. The summed E-state index contributed by atoms with van der Waals surface area (Å²) in [6.45, 7) is 8.64. The zero-order valence-electron chi connectivity index (χ0n) is 10.5. The van der Waals surface area contributed by atoms with Crippen LogP contribution in [0.4, 0.5) is 0 Å². The fraction of sp³-hybridized carbons (Fsp3) is 0.571. The first kappa shape index (κ1) is 12.3. The van der Waals surface area contributed by atoms with Gasteiger partial charge in [-0.25, -0.2) is 0 Å². The molecule has 0 saturated carbocycles. The molecule has 0 spiro atoms. The summed E-state index contributed by atoms with van der Waals surface area (Å²) in [5.74, 6) is 0.768. The topological polar surface area (TPSA) is 3.24 Å². The van der Waals surface area contributed by atoms with Crippen molar-refractivity contribution in [2.75, 3.05) is 20.1 Å². The van der Waals surface area contributed by atoms with Crippen LogP contribution in [-0.2, 0) is 0 Å². The molecule has 84 valence electrons. The molecule has 0 aliphatic carbocycles. The highest BCUT2D eigenvalue weighted by Gasteiger charge is 2.20. The molecule has 1 aliphatic rings. The predicted octanol–water partition coefficient (Wildman–Crippen LogP) is 3.44. The molecule has 1 nitrogen and oxygen atoms in total. The van der Waals surface area contributed by atoms with Crippen LogP contribution in [0.15, 0.2) is 24.3 Å². The van der Waals surface area contributed by atoms with Gasteiger partial charge >= 0.3 is 0 Å². The molecule has 1 saturated heterocycles. The Morgan fingerprint density at radius 1 is 1.27 bits per heavy atom. The Labute approximate surface area is 94.1 Å². The molecule has 0 bridgehead atoms. The van der Waals surface area contributed by atoms with Gasteiger partial charge in [-0.15, -0.1) is 0 Å². The Hall–Kier alpha value is -0.820. The second kappa shape index (κ2) is 5.92. The maximum absolute atomic E-state index is 2.41. The van der Waals surface area contributed by atoms with Crippen molar-refractivity contribution in [2.45, 2.75) is 33.1 Å².